The normalized spacial score (nSPS) is 24.2. The number of carbonyl (C=O) groups is 3. The minimum absolute atomic E-state index is 0.182. The smallest absolute Gasteiger partial charge is 0.325 e. The van der Waals surface area contributed by atoms with E-state index in [1.165, 1.54) is 0 Å². The van der Waals surface area contributed by atoms with Gasteiger partial charge in [0.05, 0.1) is 0 Å². The summed E-state index contributed by atoms with van der Waals surface area (Å²) in [5, 5.41) is 3.25. The minimum Gasteiger partial charge on any atom is -0.341 e. The number of hydrogen-bond donors (Lipinski definition) is 1. The Morgan fingerprint density at radius 1 is 1.17 bits per heavy atom. The predicted octanol–water partition coefficient (Wildman–Crippen LogP) is 2.12. The molecular formula is C17H20ClN3O3. The lowest BCUT2D eigenvalue weighted by Gasteiger charge is -2.28. The van der Waals surface area contributed by atoms with E-state index in [0.29, 0.717) is 23.7 Å². The Labute approximate surface area is 145 Å². The number of rotatable bonds is 3. The number of likely N-dealkylation sites (tertiary alicyclic amines) is 1. The first kappa shape index (κ1) is 16.8. The highest BCUT2D eigenvalue weighted by Gasteiger charge is 2.49. The van der Waals surface area contributed by atoms with E-state index < -0.39 is 17.5 Å². The number of benzene rings is 1. The van der Waals surface area contributed by atoms with Crippen LogP contribution in [0, 0.1) is 0 Å². The Bertz CT molecular complexity index is 670. The second-order valence-electron chi connectivity index (χ2n) is 6.39. The maximum atomic E-state index is 12.8. The zero-order chi connectivity index (χ0) is 17.3. The van der Waals surface area contributed by atoms with E-state index in [0.717, 1.165) is 24.2 Å². The average Bonchev–Trinajstić information content (AvgIpc) is 2.80. The Hall–Kier alpha value is -2.08. The van der Waals surface area contributed by atoms with Crippen molar-refractivity contribution in [3.05, 3.63) is 34.9 Å². The predicted molar refractivity (Wildman–Crippen MR) is 89.5 cm³/mol. The highest BCUT2D eigenvalue weighted by molar-refractivity contribution is 6.30. The molecule has 1 atom stereocenters. The molecule has 6 nitrogen and oxygen atoms in total. The Kier molecular flexibility index (Phi) is 4.49. The summed E-state index contributed by atoms with van der Waals surface area (Å²) in [5.74, 6) is -0.598. The SMILES string of the molecule is C[C@@]1(c2ccc(Cl)cc2)NC(=O)N(CC(=O)N2CCCCC2)C1=O. The summed E-state index contributed by atoms with van der Waals surface area (Å²) in [6, 6.07) is 6.21. The maximum Gasteiger partial charge on any atom is 0.325 e. The third-order valence-corrected chi connectivity index (χ3v) is 4.95. The van der Waals surface area contributed by atoms with Crippen molar-refractivity contribution in [3.63, 3.8) is 0 Å². The molecule has 1 N–H and O–H groups in total. The molecule has 2 aliphatic heterocycles. The summed E-state index contributed by atoms with van der Waals surface area (Å²) in [7, 11) is 0. The summed E-state index contributed by atoms with van der Waals surface area (Å²) in [4.78, 5) is 40.1. The Balaban J connectivity index is 1.76. The molecule has 4 amide bonds. The third kappa shape index (κ3) is 2.98. The average molecular weight is 350 g/mol. The first-order valence-corrected chi connectivity index (χ1v) is 8.47. The van der Waals surface area contributed by atoms with Crippen molar-refractivity contribution in [3.8, 4) is 0 Å². The van der Waals surface area contributed by atoms with Crippen molar-refractivity contribution in [1.29, 1.82) is 0 Å². The largest absolute Gasteiger partial charge is 0.341 e. The van der Waals surface area contributed by atoms with Gasteiger partial charge in [0.15, 0.2) is 0 Å². The molecule has 0 radical (unpaired) electrons. The quantitative estimate of drug-likeness (QED) is 0.850. The number of urea groups is 1. The molecular weight excluding hydrogens is 330 g/mol. The van der Waals surface area contributed by atoms with Crippen LogP contribution in [0.4, 0.5) is 4.79 Å². The summed E-state index contributed by atoms with van der Waals surface area (Å²) in [6.07, 6.45) is 3.05. The third-order valence-electron chi connectivity index (χ3n) is 4.70. The van der Waals surface area contributed by atoms with Crippen LogP contribution in [0.3, 0.4) is 0 Å². The van der Waals surface area contributed by atoms with E-state index in [2.05, 4.69) is 5.32 Å². The van der Waals surface area contributed by atoms with E-state index in [4.69, 9.17) is 11.6 Å². The van der Waals surface area contributed by atoms with Crippen LogP contribution in [-0.4, -0.2) is 47.3 Å². The fourth-order valence-electron chi connectivity index (χ4n) is 3.20. The van der Waals surface area contributed by atoms with Gasteiger partial charge in [0.1, 0.15) is 12.1 Å². The Morgan fingerprint density at radius 3 is 2.42 bits per heavy atom. The topological polar surface area (TPSA) is 69.7 Å². The number of piperidine rings is 1. The van der Waals surface area contributed by atoms with Gasteiger partial charge >= 0.3 is 6.03 Å². The molecule has 24 heavy (non-hydrogen) atoms. The van der Waals surface area contributed by atoms with Crippen molar-refractivity contribution >= 4 is 29.4 Å². The monoisotopic (exact) mass is 349 g/mol. The van der Waals surface area contributed by atoms with Crippen LogP contribution >= 0.6 is 11.6 Å². The molecule has 2 aliphatic rings. The molecule has 7 heteroatoms. The van der Waals surface area contributed by atoms with E-state index in [1.54, 1.807) is 36.1 Å². The van der Waals surface area contributed by atoms with Gasteiger partial charge in [0, 0.05) is 18.1 Å². The molecule has 0 bridgehead atoms. The molecule has 0 spiro atoms. The molecule has 2 heterocycles. The molecule has 1 aromatic carbocycles. The Morgan fingerprint density at radius 2 is 1.79 bits per heavy atom. The zero-order valence-corrected chi connectivity index (χ0v) is 14.3. The van der Waals surface area contributed by atoms with E-state index in [9.17, 15) is 14.4 Å². The van der Waals surface area contributed by atoms with Crippen molar-refractivity contribution < 1.29 is 14.4 Å². The summed E-state index contributed by atoms with van der Waals surface area (Å²) in [5.41, 5.74) is -0.540. The first-order chi connectivity index (χ1) is 11.4. The number of amides is 4. The highest BCUT2D eigenvalue weighted by atomic mass is 35.5. The van der Waals surface area contributed by atoms with Gasteiger partial charge in [-0.1, -0.05) is 23.7 Å². The molecule has 3 rings (SSSR count). The van der Waals surface area contributed by atoms with Crippen molar-refractivity contribution in [2.24, 2.45) is 0 Å². The van der Waals surface area contributed by atoms with Crippen LogP contribution in [0.1, 0.15) is 31.7 Å². The molecule has 128 valence electrons. The summed E-state index contributed by atoms with van der Waals surface area (Å²) < 4.78 is 0. The van der Waals surface area contributed by atoms with Crippen LogP contribution < -0.4 is 5.32 Å². The number of nitrogens with zero attached hydrogens (tertiary/aromatic N) is 2. The second kappa shape index (κ2) is 6.43. The number of halogens is 1. The van der Waals surface area contributed by atoms with Gasteiger partial charge < -0.3 is 10.2 Å². The molecule has 0 saturated carbocycles. The zero-order valence-electron chi connectivity index (χ0n) is 13.5. The van der Waals surface area contributed by atoms with Gasteiger partial charge in [-0.3, -0.25) is 14.5 Å². The first-order valence-electron chi connectivity index (χ1n) is 8.10. The van der Waals surface area contributed by atoms with Crippen LogP contribution in [0.2, 0.25) is 5.02 Å². The van der Waals surface area contributed by atoms with Crippen LogP contribution in [0.15, 0.2) is 24.3 Å². The van der Waals surface area contributed by atoms with Gasteiger partial charge in [0.25, 0.3) is 5.91 Å². The van der Waals surface area contributed by atoms with E-state index in [1.807, 2.05) is 0 Å². The minimum atomic E-state index is -1.18. The number of hydrogen-bond acceptors (Lipinski definition) is 3. The highest BCUT2D eigenvalue weighted by Crippen LogP contribution is 2.29. The van der Waals surface area contributed by atoms with Gasteiger partial charge in [0.2, 0.25) is 5.91 Å². The lowest BCUT2D eigenvalue weighted by Crippen LogP contribution is -2.45. The molecule has 0 unspecified atom stereocenters. The lowest BCUT2D eigenvalue weighted by atomic mass is 9.92. The molecule has 2 saturated heterocycles. The summed E-state index contributed by atoms with van der Waals surface area (Å²) in [6.45, 7) is 2.81. The van der Waals surface area contributed by atoms with Crippen LogP contribution in [0.25, 0.3) is 0 Å². The van der Waals surface area contributed by atoms with Gasteiger partial charge in [-0.05, 0) is 43.9 Å². The standard InChI is InChI=1S/C17H20ClN3O3/c1-17(12-5-7-13(18)8-6-12)15(23)21(16(24)19-17)11-14(22)20-9-3-2-4-10-20/h5-8H,2-4,9-11H2,1H3,(H,19,24)/t17-/m0/s1. The van der Waals surface area contributed by atoms with Crippen LogP contribution in [0.5, 0.6) is 0 Å². The van der Waals surface area contributed by atoms with Gasteiger partial charge in [-0.15, -0.1) is 0 Å². The van der Waals surface area contributed by atoms with Crippen molar-refractivity contribution in [2.75, 3.05) is 19.6 Å². The second-order valence-corrected chi connectivity index (χ2v) is 6.83. The molecule has 2 fully saturated rings. The van der Waals surface area contributed by atoms with Gasteiger partial charge in [-0.2, -0.15) is 0 Å². The van der Waals surface area contributed by atoms with Crippen molar-refractivity contribution in [1.82, 2.24) is 15.1 Å². The van der Waals surface area contributed by atoms with Gasteiger partial charge in [-0.25, -0.2) is 4.79 Å². The number of imide groups is 1. The molecule has 0 aromatic heterocycles. The van der Waals surface area contributed by atoms with E-state index in [-0.39, 0.29) is 12.5 Å². The fraction of sp³-hybridized carbons (Fsp3) is 0.471. The number of carbonyl (C=O) groups excluding carboxylic acids is 3. The summed E-state index contributed by atoms with van der Waals surface area (Å²) >= 11 is 5.88. The van der Waals surface area contributed by atoms with Crippen LogP contribution in [-0.2, 0) is 15.1 Å². The lowest BCUT2D eigenvalue weighted by molar-refractivity contribution is -0.139. The maximum absolute atomic E-state index is 12.8. The molecule has 0 aliphatic carbocycles. The fourth-order valence-corrected chi connectivity index (χ4v) is 3.32. The number of nitrogens with one attached hydrogen (secondary N) is 1. The molecule has 1 aromatic rings. The van der Waals surface area contributed by atoms with Crippen molar-refractivity contribution in [2.45, 2.75) is 31.7 Å². The van der Waals surface area contributed by atoms with E-state index >= 15 is 0 Å².